The summed E-state index contributed by atoms with van der Waals surface area (Å²) in [5.41, 5.74) is 4.34. The van der Waals surface area contributed by atoms with E-state index in [1.807, 2.05) is 63.7 Å². The zero-order chi connectivity index (χ0) is 21.4. The predicted octanol–water partition coefficient (Wildman–Crippen LogP) is 2.66. The molecule has 1 heterocycles. The third-order valence-corrected chi connectivity index (χ3v) is 4.73. The van der Waals surface area contributed by atoms with Crippen molar-refractivity contribution in [2.75, 3.05) is 19.6 Å². The molecule has 1 atom stereocenters. The van der Waals surface area contributed by atoms with Crippen molar-refractivity contribution in [1.29, 1.82) is 0 Å². The van der Waals surface area contributed by atoms with E-state index in [0.717, 1.165) is 36.5 Å². The van der Waals surface area contributed by atoms with Crippen LogP contribution in [0.1, 0.15) is 49.4 Å². The lowest BCUT2D eigenvalue weighted by Gasteiger charge is -2.14. The second-order valence-corrected chi connectivity index (χ2v) is 7.42. The predicted molar refractivity (Wildman–Crippen MR) is 118 cm³/mol. The van der Waals surface area contributed by atoms with E-state index in [1.165, 1.54) is 11.3 Å². The molecule has 0 aliphatic carbocycles. The Hall–Kier alpha value is -2.54. The van der Waals surface area contributed by atoms with Gasteiger partial charge in [0, 0.05) is 25.8 Å². The van der Waals surface area contributed by atoms with Crippen molar-refractivity contribution in [2.45, 2.75) is 53.2 Å². The van der Waals surface area contributed by atoms with Crippen molar-refractivity contribution in [3.8, 4) is 5.75 Å². The van der Waals surface area contributed by atoms with E-state index in [1.54, 1.807) is 0 Å². The Kier molecular flexibility index (Phi) is 8.51. The molecular formula is C22H35N5O2. The molecule has 0 spiro atoms. The Morgan fingerprint density at radius 3 is 2.45 bits per heavy atom. The van der Waals surface area contributed by atoms with Gasteiger partial charge in [0.05, 0.1) is 24.4 Å². The normalized spacial score (nSPS) is 12.9. The zero-order valence-corrected chi connectivity index (χ0v) is 18.5. The van der Waals surface area contributed by atoms with Gasteiger partial charge in [0.25, 0.3) is 0 Å². The summed E-state index contributed by atoms with van der Waals surface area (Å²) in [5, 5.41) is 21.5. The number of hydrogen-bond acceptors (Lipinski definition) is 4. The highest BCUT2D eigenvalue weighted by Crippen LogP contribution is 2.19. The van der Waals surface area contributed by atoms with Gasteiger partial charge in [-0.2, -0.15) is 5.10 Å². The quantitative estimate of drug-likeness (QED) is 0.444. The molecular weight excluding hydrogens is 366 g/mol. The molecule has 2 rings (SSSR count). The second-order valence-electron chi connectivity index (χ2n) is 7.42. The van der Waals surface area contributed by atoms with Gasteiger partial charge in [-0.1, -0.05) is 12.1 Å². The number of aliphatic imine (C=N–C) groups is 1. The summed E-state index contributed by atoms with van der Waals surface area (Å²) in [6, 6.07) is 7.52. The number of nitrogens with zero attached hydrogens (tertiary/aromatic N) is 3. The first kappa shape index (κ1) is 22.7. The van der Waals surface area contributed by atoms with E-state index in [9.17, 15) is 5.11 Å². The molecule has 0 amide bonds. The third kappa shape index (κ3) is 6.78. The molecule has 7 nitrogen and oxygen atoms in total. The number of nitrogens with one attached hydrogen (secondary N) is 2. The minimum absolute atomic E-state index is 0.128. The van der Waals surface area contributed by atoms with Crippen LogP contribution in [0.3, 0.4) is 0 Å². The summed E-state index contributed by atoms with van der Waals surface area (Å²) in [6.45, 7) is 11.9. The first-order valence-corrected chi connectivity index (χ1v) is 10.3. The van der Waals surface area contributed by atoms with Gasteiger partial charge < -0.3 is 20.5 Å². The number of ether oxygens (including phenoxy) is 1. The lowest BCUT2D eigenvalue weighted by atomic mass is 10.1. The van der Waals surface area contributed by atoms with Crippen LogP contribution in [0.4, 0.5) is 0 Å². The molecule has 0 aliphatic heterocycles. The molecule has 0 radical (unpaired) electrons. The van der Waals surface area contributed by atoms with Crippen LogP contribution < -0.4 is 15.4 Å². The summed E-state index contributed by atoms with van der Waals surface area (Å²) < 4.78 is 7.56. The maximum Gasteiger partial charge on any atom is 0.191 e. The van der Waals surface area contributed by atoms with Crippen LogP contribution in [0.2, 0.25) is 0 Å². The van der Waals surface area contributed by atoms with Gasteiger partial charge in [0.1, 0.15) is 5.75 Å². The number of hydrogen-bond donors (Lipinski definition) is 3. The largest absolute Gasteiger partial charge is 0.491 e. The zero-order valence-electron chi connectivity index (χ0n) is 18.5. The highest BCUT2D eigenvalue weighted by atomic mass is 16.5. The molecule has 29 heavy (non-hydrogen) atoms. The average Bonchev–Trinajstić information content (AvgIpc) is 2.91. The molecule has 0 fully saturated rings. The van der Waals surface area contributed by atoms with Gasteiger partial charge in [0.2, 0.25) is 0 Å². The third-order valence-electron chi connectivity index (χ3n) is 4.73. The molecule has 7 heteroatoms. The molecule has 0 saturated carbocycles. The van der Waals surface area contributed by atoms with Crippen molar-refractivity contribution >= 4 is 5.96 Å². The minimum Gasteiger partial charge on any atom is -0.491 e. The van der Waals surface area contributed by atoms with E-state index >= 15 is 0 Å². The summed E-state index contributed by atoms with van der Waals surface area (Å²) in [6.07, 6.45) is 0.334. The maximum absolute atomic E-state index is 10.5. The van der Waals surface area contributed by atoms with Gasteiger partial charge in [-0.15, -0.1) is 0 Å². The van der Waals surface area contributed by atoms with Crippen LogP contribution in [0.5, 0.6) is 5.75 Å². The molecule has 3 N–H and O–H groups in total. The van der Waals surface area contributed by atoms with Crippen LogP contribution in [0.25, 0.3) is 0 Å². The lowest BCUT2D eigenvalue weighted by molar-refractivity contribution is 0.186. The number of benzene rings is 1. The number of aromatic nitrogens is 2. The highest BCUT2D eigenvalue weighted by molar-refractivity contribution is 5.79. The fourth-order valence-corrected chi connectivity index (χ4v) is 3.15. The van der Waals surface area contributed by atoms with E-state index < -0.39 is 6.10 Å². The maximum atomic E-state index is 10.5. The molecule has 0 saturated heterocycles. The first-order chi connectivity index (χ1) is 13.8. The molecule has 0 bridgehead atoms. The number of aliphatic hydroxyl groups is 1. The SMILES string of the molecule is CCNC(=NCC(O)c1ccc(OC(C)C)cc1)NCCc1c(C)nn(C)c1C. The number of rotatable bonds is 9. The first-order valence-electron chi connectivity index (χ1n) is 10.3. The molecule has 2 aromatic rings. The van der Waals surface area contributed by atoms with Crippen LogP contribution >= 0.6 is 0 Å². The van der Waals surface area contributed by atoms with Gasteiger partial charge in [0.15, 0.2) is 5.96 Å². The minimum atomic E-state index is -0.665. The summed E-state index contributed by atoms with van der Waals surface area (Å²) in [4.78, 5) is 4.53. The van der Waals surface area contributed by atoms with Crippen LogP contribution in [0.15, 0.2) is 29.3 Å². The van der Waals surface area contributed by atoms with E-state index in [2.05, 4.69) is 27.6 Å². The van der Waals surface area contributed by atoms with Crippen molar-refractivity contribution in [3.63, 3.8) is 0 Å². The average molecular weight is 402 g/mol. The Morgan fingerprint density at radius 1 is 1.21 bits per heavy atom. The van der Waals surface area contributed by atoms with Crippen molar-refractivity contribution in [1.82, 2.24) is 20.4 Å². The molecule has 1 aromatic carbocycles. The summed E-state index contributed by atoms with van der Waals surface area (Å²) >= 11 is 0. The fourth-order valence-electron chi connectivity index (χ4n) is 3.15. The van der Waals surface area contributed by atoms with Crippen molar-refractivity contribution in [2.24, 2.45) is 12.0 Å². The Labute approximate surface area is 174 Å². The summed E-state index contributed by atoms with van der Waals surface area (Å²) in [5.74, 6) is 1.50. The molecule has 1 unspecified atom stereocenters. The smallest absolute Gasteiger partial charge is 0.191 e. The fraction of sp³-hybridized carbons (Fsp3) is 0.545. The summed E-state index contributed by atoms with van der Waals surface area (Å²) in [7, 11) is 1.97. The van der Waals surface area contributed by atoms with Gasteiger partial charge in [-0.05, 0) is 64.3 Å². The van der Waals surface area contributed by atoms with Crippen molar-refractivity contribution < 1.29 is 9.84 Å². The standard InChI is InChI=1S/C22H35N5O2/c1-7-23-22(24-13-12-20-16(4)26-27(6)17(20)5)25-14-21(28)18-8-10-19(11-9-18)29-15(2)3/h8-11,15,21,28H,7,12-14H2,1-6H3,(H2,23,24,25). The lowest BCUT2D eigenvalue weighted by Crippen LogP contribution is -2.38. The Bertz CT molecular complexity index is 796. The molecule has 1 aromatic heterocycles. The van der Waals surface area contributed by atoms with Gasteiger partial charge >= 0.3 is 0 Å². The van der Waals surface area contributed by atoms with E-state index in [4.69, 9.17) is 4.74 Å². The van der Waals surface area contributed by atoms with Crippen LogP contribution in [-0.4, -0.2) is 46.6 Å². The molecule has 0 aliphatic rings. The Balaban J connectivity index is 1.92. The van der Waals surface area contributed by atoms with Crippen LogP contribution in [-0.2, 0) is 13.5 Å². The molecule has 160 valence electrons. The highest BCUT2D eigenvalue weighted by Gasteiger charge is 2.10. The van der Waals surface area contributed by atoms with Gasteiger partial charge in [-0.3, -0.25) is 9.67 Å². The second kappa shape index (κ2) is 10.9. The van der Waals surface area contributed by atoms with E-state index in [-0.39, 0.29) is 12.6 Å². The topological polar surface area (TPSA) is 83.7 Å². The van der Waals surface area contributed by atoms with Gasteiger partial charge in [-0.25, -0.2) is 0 Å². The number of aliphatic hydroxyl groups excluding tert-OH is 1. The van der Waals surface area contributed by atoms with E-state index in [0.29, 0.717) is 5.96 Å². The Morgan fingerprint density at radius 2 is 1.90 bits per heavy atom. The monoisotopic (exact) mass is 401 g/mol. The van der Waals surface area contributed by atoms with Crippen LogP contribution in [0, 0.1) is 13.8 Å². The van der Waals surface area contributed by atoms with Crippen molar-refractivity contribution in [3.05, 3.63) is 46.8 Å². The number of aryl methyl sites for hydroxylation is 2. The number of guanidine groups is 1.